The summed E-state index contributed by atoms with van der Waals surface area (Å²) in [6.07, 6.45) is 1.22. The molecule has 0 radical (unpaired) electrons. The van der Waals surface area contributed by atoms with Crippen LogP contribution in [-0.4, -0.2) is 23.4 Å². The maximum Gasteiger partial charge on any atom is 0.322 e. The zero-order chi connectivity index (χ0) is 11.3. The average Bonchev–Trinajstić information content (AvgIpc) is 2.25. The molecule has 0 aliphatic rings. The molecule has 4 heteroatoms. The van der Waals surface area contributed by atoms with Gasteiger partial charge in [-0.05, 0) is 18.2 Å². The third-order valence-electron chi connectivity index (χ3n) is 1.78. The minimum absolute atomic E-state index is 0.175. The molecule has 0 amide bonds. The highest BCUT2D eigenvalue weighted by molar-refractivity contribution is 6.04. The fourth-order valence-electron chi connectivity index (χ4n) is 1.08. The van der Waals surface area contributed by atoms with Crippen molar-refractivity contribution in [2.75, 3.05) is 11.9 Å². The maximum atomic E-state index is 11.2. The molecule has 1 rings (SSSR count). The molecule has 4 nitrogen and oxygen atoms in total. The predicted molar refractivity (Wildman–Crippen MR) is 57.1 cm³/mol. The number of carbonyl (C=O) groups is 2. The zero-order valence-corrected chi connectivity index (χ0v) is 8.06. The van der Waals surface area contributed by atoms with Gasteiger partial charge in [-0.25, -0.2) is 0 Å². The molecule has 0 aromatic heterocycles. The number of carboxylic acids is 1. The van der Waals surface area contributed by atoms with Crippen LogP contribution in [0.5, 0.6) is 0 Å². The number of hydrogen-bond acceptors (Lipinski definition) is 3. The van der Waals surface area contributed by atoms with Gasteiger partial charge in [0.2, 0.25) is 0 Å². The fraction of sp³-hybridized carbons (Fsp3) is 0.0909. The number of benzene rings is 1. The first-order valence-electron chi connectivity index (χ1n) is 4.36. The average molecular weight is 205 g/mol. The zero-order valence-electron chi connectivity index (χ0n) is 8.06. The third kappa shape index (κ3) is 3.27. The SMILES string of the molecule is C=CC(=O)c1cccc(NCC(=O)O)c1. The van der Waals surface area contributed by atoms with E-state index in [4.69, 9.17) is 5.11 Å². The Balaban J connectivity index is 2.78. The van der Waals surface area contributed by atoms with Crippen LogP contribution in [-0.2, 0) is 4.79 Å². The molecule has 0 atom stereocenters. The number of aliphatic carboxylic acids is 1. The molecule has 0 heterocycles. The number of allylic oxidation sites excluding steroid dienone is 1. The summed E-state index contributed by atoms with van der Waals surface area (Å²) in [5.41, 5.74) is 1.09. The molecule has 0 spiro atoms. The maximum absolute atomic E-state index is 11.2. The number of carboxylic acid groups (broad SMARTS) is 1. The topological polar surface area (TPSA) is 66.4 Å². The molecule has 1 aromatic carbocycles. The fourth-order valence-corrected chi connectivity index (χ4v) is 1.08. The number of hydrogen-bond donors (Lipinski definition) is 2. The van der Waals surface area contributed by atoms with Crippen LogP contribution in [0.3, 0.4) is 0 Å². The van der Waals surface area contributed by atoms with Crippen LogP contribution in [0.1, 0.15) is 10.4 Å². The normalized spacial score (nSPS) is 9.33. The smallest absolute Gasteiger partial charge is 0.322 e. The van der Waals surface area contributed by atoms with Gasteiger partial charge in [-0.2, -0.15) is 0 Å². The minimum atomic E-state index is -0.949. The first-order chi connectivity index (χ1) is 7.13. The van der Waals surface area contributed by atoms with E-state index < -0.39 is 5.97 Å². The van der Waals surface area contributed by atoms with Gasteiger partial charge >= 0.3 is 5.97 Å². The second kappa shape index (κ2) is 4.95. The van der Waals surface area contributed by atoms with Gasteiger partial charge in [-0.1, -0.05) is 18.7 Å². The summed E-state index contributed by atoms with van der Waals surface area (Å²) >= 11 is 0. The number of ketones is 1. The molecule has 0 saturated heterocycles. The second-order valence-corrected chi connectivity index (χ2v) is 2.90. The Labute approximate surface area is 87.2 Å². The van der Waals surface area contributed by atoms with E-state index in [2.05, 4.69) is 11.9 Å². The van der Waals surface area contributed by atoms with Crippen molar-refractivity contribution in [2.24, 2.45) is 0 Å². The lowest BCUT2D eigenvalue weighted by molar-refractivity contribution is -0.134. The van der Waals surface area contributed by atoms with E-state index in [-0.39, 0.29) is 12.3 Å². The first kappa shape index (κ1) is 11.0. The van der Waals surface area contributed by atoms with Gasteiger partial charge in [0.25, 0.3) is 0 Å². The molecule has 15 heavy (non-hydrogen) atoms. The molecule has 2 N–H and O–H groups in total. The molecule has 0 saturated carbocycles. The van der Waals surface area contributed by atoms with Gasteiger partial charge < -0.3 is 10.4 Å². The summed E-state index contributed by atoms with van der Waals surface area (Å²) in [7, 11) is 0. The lowest BCUT2D eigenvalue weighted by Gasteiger charge is -2.04. The van der Waals surface area contributed by atoms with Crippen LogP contribution >= 0.6 is 0 Å². The van der Waals surface area contributed by atoms with Crippen LogP contribution in [0, 0.1) is 0 Å². The molecule has 78 valence electrons. The van der Waals surface area contributed by atoms with Crippen molar-refractivity contribution in [2.45, 2.75) is 0 Å². The quantitative estimate of drug-likeness (QED) is 0.565. The van der Waals surface area contributed by atoms with Crippen LogP contribution in [0.15, 0.2) is 36.9 Å². The molecular weight excluding hydrogens is 194 g/mol. The molecular formula is C11H11NO3. The van der Waals surface area contributed by atoms with E-state index in [1.807, 2.05) is 0 Å². The van der Waals surface area contributed by atoms with Crippen molar-refractivity contribution in [3.8, 4) is 0 Å². The highest BCUT2D eigenvalue weighted by atomic mass is 16.4. The Kier molecular flexibility index (Phi) is 3.62. The van der Waals surface area contributed by atoms with Crippen LogP contribution < -0.4 is 5.32 Å². The number of carbonyl (C=O) groups excluding carboxylic acids is 1. The Bertz CT molecular complexity index is 399. The van der Waals surface area contributed by atoms with E-state index in [1.54, 1.807) is 24.3 Å². The van der Waals surface area contributed by atoms with Crippen molar-refractivity contribution >= 4 is 17.4 Å². The highest BCUT2D eigenvalue weighted by Crippen LogP contribution is 2.11. The lowest BCUT2D eigenvalue weighted by Crippen LogP contribution is -2.12. The molecule has 0 fully saturated rings. The van der Waals surface area contributed by atoms with E-state index in [0.717, 1.165) is 0 Å². The van der Waals surface area contributed by atoms with Crippen LogP contribution in [0.2, 0.25) is 0 Å². The Morgan fingerprint density at radius 1 is 1.47 bits per heavy atom. The van der Waals surface area contributed by atoms with Crippen molar-refractivity contribution in [3.63, 3.8) is 0 Å². The largest absolute Gasteiger partial charge is 0.480 e. The Morgan fingerprint density at radius 2 is 2.20 bits per heavy atom. The van der Waals surface area contributed by atoms with Crippen LogP contribution in [0.25, 0.3) is 0 Å². The minimum Gasteiger partial charge on any atom is -0.480 e. The summed E-state index contributed by atoms with van der Waals surface area (Å²) < 4.78 is 0. The van der Waals surface area contributed by atoms with E-state index in [9.17, 15) is 9.59 Å². The molecule has 0 bridgehead atoms. The standard InChI is InChI=1S/C11H11NO3/c1-2-10(13)8-4-3-5-9(6-8)12-7-11(14)15/h2-6,12H,1,7H2,(H,14,15). The van der Waals surface area contributed by atoms with Crippen molar-refractivity contribution in [3.05, 3.63) is 42.5 Å². The van der Waals surface area contributed by atoms with E-state index >= 15 is 0 Å². The summed E-state index contributed by atoms with van der Waals surface area (Å²) in [5.74, 6) is -1.13. The van der Waals surface area contributed by atoms with E-state index in [1.165, 1.54) is 6.08 Å². The molecule has 0 unspecified atom stereocenters. The Hall–Kier alpha value is -2.10. The summed E-state index contributed by atoms with van der Waals surface area (Å²) in [6.45, 7) is 3.20. The van der Waals surface area contributed by atoms with Gasteiger partial charge in [-0.3, -0.25) is 9.59 Å². The van der Waals surface area contributed by atoms with Gasteiger partial charge in [0, 0.05) is 11.3 Å². The number of rotatable bonds is 5. The van der Waals surface area contributed by atoms with Crippen molar-refractivity contribution in [1.82, 2.24) is 0 Å². The summed E-state index contributed by atoms with van der Waals surface area (Å²) in [5, 5.41) is 11.1. The first-order valence-corrected chi connectivity index (χ1v) is 4.36. The Morgan fingerprint density at radius 3 is 2.80 bits per heavy atom. The molecule has 1 aromatic rings. The summed E-state index contributed by atoms with van der Waals surface area (Å²) in [4.78, 5) is 21.5. The van der Waals surface area contributed by atoms with Gasteiger partial charge in [-0.15, -0.1) is 0 Å². The second-order valence-electron chi connectivity index (χ2n) is 2.90. The lowest BCUT2D eigenvalue weighted by atomic mass is 10.1. The van der Waals surface area contributed by atoms with Crippen LogP contribution in [0.4, 0.5) is 5.69 Å². The summed E-state index contributed by atoms with van der Waals surface area (Å²) in [6, 6.07) is 6.62. The van der Waals surface area contributed by atoms with Crippen molar-refractivity contribution in [1.29, 1.82) is 0 Å². The van der Waals surface area contributed by atoms with Gasteiger partial charge in [0.15, 0.2) is 5.78 Å². The van der Waals surface area contributed by atoms with Gasteiger partial charge in [0.05, 0.1) is 0 Å². The highest BCUT2D eigenvalue weighted by Gasteiger charge is 2.02. The predicted octanol–water partition coefficient (Wildman–Crippen LogP) is 1.55. The monoisotopic (exact) mass is 205 g/mol. The molecule has 0 aliphatic carbocycles. The molecule has 0 aliphatic heterocycles. The van der Waals surface area contributed by atoms with Crippen molar-refractivity contribution < 1.29 is 14.7 Å². The number of nitrogens with one attached hydrogen (secondary N) is 1. The van der Waals surface area contributed by atoms with E-state index in [0.29, 0.717) is 11.3 Å². The van der Waals surface area contributed by atoms with Gasteiger partial charge in [0.1, 0.15) is 6.54 Å². The third-order valence-corrected chi connectivity index (χ3v) is 1.78. The number of anilines is 1.